The van der Waals surface area contributed by atoms with E-state index in [4.69, 9.17) is 11.6 Å². The van der Waals surface area contributed by atoms with Gasteiger partial charge in [-0.1, -0.05) is 35.9 Å². The summed E-state index contributed by atoms with van der Waals surface area (Å²) in [5.74, 6) is -0.211. The van der Waals surface area contributed by atoms with E-state index >= 15 is 0 Å². The zero-order valence-corrected chi connectivity index (χ0v) is 16.3. The molecule has 0 spiro atoms. The number of aromatic nitrogens is 4. The second-order valence-electron chi connectivity index (χ2n) is 6.46. The molecule has 0 bridgehead atoms. The second-order valence-corrected chi connectivity index (χ2v) is 6.90. The zero-order valence-electron chi connectivity index (χ0n) is 15.5. The molecule has 2 aromatic heterocycles. The van der Waals surface area contributed by atoms with Crippen LogP contribution in [0.15, 0.2) is 67.0 Å². The number of nitrogens with zero attached hydrogens (tertiary/aromatic N) is 4. The highest BCUT2D eigenvalue weighted by Crippen LogP contribution is 2.19. The first kappa shape index (κ1) is 18.9. The van der Waals surface area contributed by atoms with E-state index in [1.807, 2.05) is 12.1 Å². The molecular formula is C21H17ClFN5O. The van der Waals surface area contributed by atoms with Gasteiger partial charge in [0.25, 0.3) is 5.91 Å². The molecule has 0 aliphatic rings. The van der Waals surface area contributed by atoms with E-state index in [9.17, 15) is 9.18 Å². The number of anilines is 1. The Morgan fingerprint density at radius 3 is 2.62 bits per heavy atom. The van der Waals surface area contributed by atoms with Gasteiger partial charge in [0, 0.05) is 11.1 Å². The largest absolute Gasteiger partial charge is 0.307 e. The molecule has 0 fully saturated rings. The summed E-state index contributed by atoms with van der Waals surface area (Å²) in [5.41, 5.74) is 2.18. The van der Waals surface area contributed by atoms with Crippen LogP contribution in [0.4, 0.5) is 10.2 Å². The molecule has 146 valence electrons. The van der Waals surface area contributed by atoms with Crippen molar-refractivity contribution >= 4 is 23.3 Å². The van der Waals surface area contributed by atoms with Crippen molar-refractivity contribution in [3.05, 3.63) is 94.7 Å². The van der Waals surface area contributed by atoms with Crippen molar-refractivity contribution in [2.45, 2.75) is 13.5 Å². The monoisotopic (exact) mass is 409 g/mol. The molecule has 2 heterocycles. The van der Waals surface area contributed by atoms with Gasteiger partial charge in [-0.2, -0.15) is 10.2 Å². The predicted octanol–water partition coefficient (Wildman–Crippen LogP) is 4.47. The van der Waals surface area contributed by atoms with Crippen LogP contribution in [-0.4, -0.2) is 25.5 Å². The molecule has 6 nitrogen and oxygen atoms in total. The van der Waals surface area contributed by atoms with Gasteiger partial charge < -0.3 is 5.32 Å². The third-order valence-electron chi connectivity index (χ3n) is 4.54. The van der Waals surface area contributed by atoms with Crippen LogP contribution in [0.1, 0.15) is 21.6 Å². The minimum atomic E-state index is -0.410. The maximum Gasteiger partial charge on any atom is 0.260 e. The van der Waals surface area contributed by atoms with Gasteiger partial charge >= 0.3 is 0 Å². The Morgan fingerprint density at radius 2 is 1.86 bits per heavy atom. The van der Waals surface area contributed by atoms with E-state index in [-0.39, 0.29) is 11.6 Å². The van der Waals surface area contributed by atoms with Crippen molar-refractivity contribution in [1.29, 1.82) is 0 Å². The number of hydrogen-bond acceptors (Lipinski definition) is 3. The molecule has 0 saturated heterocycles. The Morgan fingerprint density at radius 1 is 1.10 bits per heavy atom. The van der Waals surface area contributed by atoms with Crippen LogP contribution in [0.5, 0.6) is 0 Å². The van der Waals surface area contributed by atoms with Crippen LogP contribution >= 0.6 is 11.6 Å². The minimum Gasteiger partial charge on any atom is -0.307 e. The highest BCUT2D eigenvalue weighted by molar-refractivity contribution is 6.30. The summed E-state index contributed by atoms with van der Waals surface area (Å²) in [5, 5.41) is 11.9. The van der Waals surface area contributed by atoms with E-state index in [0.717, 1.165) is 5.56 Å². The number of halogens is 2. The van der Waals surface area contributed by atoms with Gasteiger partial charge in [0.2, 0.25) is 0 Å². The first-order valence-electron chi connectivity index (χ1n) is 8.90. The summed E-state index contributed by atoms with van der Waals surface area (Å²) < 4.78 is 17.2. The fourth-order valence-electron chi connectivity index (χ4n) is 3.01. The van der Waals surface area contributed by atoms with E-state index in [1.54, 1.807) is 54.2 Å². The fraction of sp³-hybridized carbons (Fsp3) is 0.0952. The molecule has 0 unspecified atom stereocenters. The van der Waals surface area contributed by atoms with Crippen LogP contribution in [0.25, 0.3) is 5.69 Å². The van der Waals surface area contributed by atoms with Crippen LogP contribution in [0.2, 0.25) is 5.02 Å². The van der Waals surface area contributed by atoms with E-state index in [0.29, 0.717) is 28.6 Å². The molecule has 29 heavy (non-hydrogen) atoms. The van der Waals surface area contributed by atoms with Gasteiger partial charge in [0.1, 0.15) is 17.3 Å². The van der Waals surface area contributed by atoms with Gasteiger partial charge in [0.05, 0.1) is 30.2 Å². The van der Waals surface area contributed by atoms with E-state index < -0.39 is 5.82 Å². The molecule has 8 heteroatoms. The van der Waals surface area contributed by atoms with Crippen molar-refractivity contribution < 1.29 is 9.18 Å². The normalized spacial score (nSPS) is 10.9. The van der Waals surface area contributed by atoms with Gasteiger partial charge in [-0.25, -0.2) is 13.8 Å². The SMILES string of the molecule is Cc1c(C(=O)Nc2ccnn2Cc2ccc(Cl)cc2)cnn1-c1ccccc1F. The van der Waals surface area contributed by atoms with Crippen LogP contribution in [-0.2, 0) is 6.54 Å². The average Bonchev–Trinajstić information content (AvgIpc) is 3.30. The van der Waals surface area contributed by atoms with Crippen molar-refractivity contribution in [2.24, 2.45) is 0 Å². The molecule has 4 aromatic rings. The van der Waals surface area contributed by atoms with Crippen LogP contribution in [0, 0.1) is 12.7 Å². The topological polar surface area (TPSA) is 64.7 Å². The summed E-state index contributed by atoms with van der Waals surface area (Å²) in [6.45, 7) is 2.20. The summed E-state index contributed by atoms with van der Waals surface area (Å²) in [6.07, 6.45) is 3.04. The molecule has 2 aromatic carbocycles. The van der Waals surface area contributed by atoms with Crippen LogP contribution in [0.3, 0.4) is 0 Å². The summed E-state index contributed by atoms with van der Waals surface area (Å²) in [7, 11) is 0. The zero-order chi connectivity index (χ0) is 20.4. The lowest BCUT2D eigenvalue weighted by Crippen LogP contribution is -2.17. The quantitative estimate of drug-likeness (QED) is 0.529. The average molecular weight is 410 g/mol. The molecule has 0 saturated carbocycles. The fourth-order valence-corrected chi connectivity index (χ4v) is 3.14. The highest BCUT2D eigenvalue weighted by Gasteiger charge is 2.18. The van der Waals surface area contributed by atoms with Gasteiger partial charge in [0.15, 0.2) is 0 Å². The first-order valence-corrected chi connectivity index (χ1v) is 9.28. The van der Waals surface area contributed by atoms with Gasteiger partial charge in [-0.3, -0.25) is 4.79 Å². The number of rotatable bonds is 5. The van der Waals surface area contributed by atoms with E-state index in [1.165, 1.54) is 16.9 Å². The third kappa shape index (κ3) is 3.90. The van der Waals surface area contributed by atoms with Crippen molar-refractivity contribution in [1.82, 2.24) is 19.6 Å². The summed E-state index contributed by atoms with van der Waals surface area (Å²) >= 11 is 5.92. The third-order valence-corrected chi connectivity index (χ3v) is 4.79. The Hall–Kier alpha value is -3.45. The number of nitrogens with one attached hydrogen (secondary N) is 1. The lowest BCUT2D eigenvalue weighted by atomic mass is 10.2. The van der Waals surface area contributed by atoms with Crippen molar-refractivity contribution in [3.63, 3.8) is 0 Å². The summed E-state index contributed by atoms with van der Waals surface area (Å²) in [4.78, 5) is 12.8. The predicted molar refractivity (Wildman–Crippen MR) is 109 cm³/mol. The van der Waals surface area contributed by atoms with Crippen LogP contribution < -0.4 is 5.32 Å². The molecule has 0 radical (unpaired) electrons. The van der Waals surface area contributed by atoms with Crippen molar-refractivity contribution in [2.75, 3.05) is 5.32 Å². The standard InChI is InChI=1S/C21H17ClFN5O/c1-14-17(12-25-28(14)19-5-3-2-4-18(19)23)21(29)26-20-10-11-24-27(20)13-15-6-8-16(22)9-7-15/h2-12H,13H2,1H3,(H,26,29). The van der Waals surface area contributed by atoms with Gasteiger partial charge in [-0.05, 0) is 36.8 Å². The number of para-hydroxylation sites is 1. The van der Waals surface area contributed by atoms with E-state index in [2.05, 4.69) is 15.5 Å². The maximum atomic E-state index is 14.1. The maximum absolute atomic E-state index is 14.1. The molecule has 1 N–H and O–H groups in total. The highest BCUT2D eigenvalue weighted by atomic mass is 35.5. The molecule has 0 aliphatic carbocycles. The number of hydrogen-bond donors (Lipinski definition) is 1. The molecule has 4 rings (SSSR count). The molecule has 0 atom stereocenters. The number of carbonyl (C=O) groups excluding carboxylic acids is 1. The Labute approximate surface area is 171 Å². The van der Waals surface area contributed by atoms with Crippen molar-refractivity contribution in [3.8, 4) is 5.69 Å². The lowest BCUT2D eigenvalue weighted by molar-refractivity contribution is 0.102. The number of carbonyl (C=O) groups is 1. The molecular weight excluding hydrogens is 393 g/mol. The Balaban J connectivity index is 1.55. The second kappa shape index (κ2) is 7.89. The first-order chi connectivity index (χ1) is 14.0. The number of amides is 1. The smallest absolute Gasteiger partial charge is 0.260 e. The lowest BCUT2D eigenvalue weighted by Gasteiger charge is -2.10. The molecule has 0 aliphatic heterocycles. The minimum absolute atomic E-state index is 0.289. The Kier molecular flexibility index (Phi) is 5.14. The van der Waals surface area contributed by atoms with Gasteiger partial charge in [-0.15, -0.1) is 0 Å². The summed E-state index contributed by atoms with van der Waals surface area (Å²) in [6, 6.07) is 15.4. The molecule has 1 amide bonds. The Bertz CT molecular complexity index is 1170. The number of benzene rings is 2.